The molecular formula is C20H32O10. The lowest BCUT2D eigenvalue weighted by molar-refractivity contribution is -0.157. The highest BCUT2D eigenvalue weighted by Crippen LogP contribution is 2.09. The average Bonchev–Trinajstić information content (AvgIpc) is 2.85. The number of carboxylic acids is 1. The lowest BCUT2D eigenvalue weighted by Gasteiger charge is -2.19. The van der Waals surface area contributed by atoms with E-state index in [2.05, 4.69) is 4.74 Å². The third-order valence-corrected chi connectivity index (χ3v) is 2.59. The first-order valence-corrected chi connectivity index (χ1v) is 9.29. The highest BCUT2D eigenvalue weighted by Gasteiger charge is 2.20. The summed E-state index contributed by atoms with van der Waals surface area (Å²) in [7, 11) is 0. The minimum Gasteiger partial charge on any atom is -0.481 e. The Morgan fingerprint density at radius 2 is 1.30 bits per heavy atom. The van der Waals surface area contributed by atoms with Crippen LogP contribution in [0.3, 0.4) is 0 Å². The Hall–Kier alpha value is -2.78. The molecule has 10 nitrogen and oxygen atoms in total. The van der Waals surface area contributed by atoms with Crippen molar-refractivity contribution >= 4 is 35.6 Å². The topological polar surface area (TPSA) is 150 Å². The predicted molar refractivity (Wildman–Crippen MR) is 104 cm³/mol. The fourth-order valence-electron chi connectivity index (χ4n) is 1.74. The first kappa shape index (κ1) is 29.4. The lowest BCUT2D eigenvalue weighted by atomic mass is 10.1. The molecule has 0 aromatic heterocycles. The highest BCUT2D eigenvalue weighted by atomic mass is 16.6. The summed E-state index contributed by atoms with van der Waals surface area (Å²) >= 11 is 0. The quantitative estimate of drug-likeness (QED) is 0.389. The molecule has 0 aliphatic carbocycles. The molecule has 1 heterocycles. The molecule has 30 heavy (non-hydrogen) atoms. The van der Waals surface area contributed by atoms with Crippen LogP contribution in [0.5, 0.6) is 0 Å². The lowest BCUT2D eigenvalue weighted by Crippen LogP contribution is -2.25. The molecule has 0 radical (unpaired) electrons. The molecule has 0 unspecified atom stereocenters. The summed E-state index contributed by atoms with van der Waals surface area (Å²) < 4.78 is 13.8. The van der Waals surface area contributed by atoms with Crippen LogP contribution < -0.4 is 0 Å². The van der Waals surface area contributed by atoms with Gasteiger partial charge in [-0.25, -0.2) is 0 Å². The van der Waals surface area contributed by atoms with Crippen LogP contribution in [0.25, 0.3) is 0 Å². The molecule has 1 N–H and O–H groups in total. The normalized spacial score (nSPS) is 13.0. The van der Waals surface area contributed by atoms with E-state index in [0.717, 1.165) is 0 Å². The molecule has 1 saturated heterocycles. The fourth-order valence-corrected chi connectivity index (χ4v) is 1.74. The highest BCUT2D eigenvalue weighted by molar-refractivity contribution is 5.96. The molecule has 0 aromatic rings. The number of hydrogen-bond acceptors (Lipinski definition) is 9. The molecule has 10 heteroatoms. The number of rotatable bonds is 5. The van der Waals surface area contributed by atoms with E-state index in [1.807, 2.05) is 20.8 Å². The molecular weight excluding hydrogens is 400 g/mol. The molecule has 0 atom stereocenters. The minimum absolute atomic E-state index is 0.130. The van der Waals surface area contributed by atoms with Gasteiger partial charge in [-0.15, -0.1) is 0 Å². The summed E-state index contributed by atoms with van der Waals surface area (Å²) in [4.78, 5) is 62.6. The Morgan fingerprint density at radius 1 is 0.867 bits per heavy atom. The van der Waals surface area contributed by atoms with Gasteiger partial charge >= 0.3 is 29.8 Å². The number of aliphatic carboxylic acids is 1. The van der Waals surface area contributed by atoms with Crippen molar-refractivity contribution < 1.29 is 48.1 Å². The van der Waals surface area contributed by atoms with Crippen molar-refractivity contribution in [3.05, 3.63) is 0 Å². The Labute approximate surface area is 176 Å². The number of Topliss-reactive ketones (excluding diaryl/α,β-unsaturated/α-hetero) is 1. The molecule has 0 bridgehead atoms. The molecule has 1 aliphatic rings. The summed E-state index contributed by atoms with van der Waals surface area (Å²) in [5.74, 6) is -3.09. The Kier molecular flexibility index (Phi) is 13.2. The van der Waals surface area contributed by atoms with Crippen LogP contribution in [-0.2, 0) is 43.0 Å². The van der Waals surface area contributed by atoms with Gasteiger partial charge in [-0.3, -0.25) is 28.8 Å². The van der Waals surface area contributed by atoms with Gasteiger partial charge in [0, 0.05) is 13.3 Å². The largest absolute Gasteiger partial charge is 0.481 e. The number of hydrogen-bond donors (Lipinski definition) is 1. The van der Waals surface area contributed by atoms with E-state index in [1.165, 1.54) is 6.92 Å². The fraction of sp³-hybridized carbons (Fsp3) is 0.700. The standard InChI is InChI=1S/C10H16O5.C6H12O2.C4H4O3/c1-10(2,3)15-9(14)6-7(11)4-5-8(12)13;1-5(7)8-6(2,3)4;5-3-1-2-4(6)7-3/h4-6H2,1-3H3,(H,12,13);1-4H3;1-2H2. The van der Waals surface area contributed by atoms with Gasteiger partial charge in [-0.05, 0) is 41.5 Å². The molecule has 1 fully saturated rings. The summed E-state index contributed by atoms with van der Waals surface area (Å²) in [5, 5.41) is 8.31. The SMILES string of the molecule is CC(=O)OC(C)(C)C.CC(C)(C)OC(=O)CC(=O)CCC(=O)O.O=C1CCC(=O)O1. The van der Waals surface area contributed by atoms with Gasteiger partial charge < -0.3 is 19.3 Å². The summed E-state index contributed by atoms with van der Waals surface area (Å²) in [6, 6.07) is 0. The molecule has 172 valence electrons. The van der Waals surface area contributed by atoms with Crippen molar-refractivity contribution in [3.8, 4) is 0 Å². The summed E-state index contributed by atoms with van der Waals surface area (Å²) in [5.41, 5.74) is -0.948. The van der Waals surface area contributed by atoms with E-state index >= 15 is 0 Å². The maximum Gasteiger partial charge on any atom is 0.314 e. The number of carboxylic acid groups (broad SMARTS) is 1. The summed E-state index contributed by atoms with van der Waals surface area (Å²) in [6.45, 7) is 12.0. The minimum atomic E-state index is -1.05. The van der Waals surface area contributed by atoms with Gasteiger partial charge in [0.15, 0.2) is 0 Å². The van der Waals surface area contributed by atoms with Gasteiger partial charge in [-0.1, -0.05) is 0 Å². The number of ether oxygens (including phenoxy) is 3. The van der Waals surface area contributed by atoms with Crippen molar-refractivity contribution in [1.29, 1.82) is 0 Å². The van der Waals surface area contributed by atoms with Crippen LogP contribution in [0.2, 0.25) is 0 Å². The second-order valence-corrected chi connectivity index (χ2v) is 8.25. The Balaban J connectivity index is 0. The second-order valence-electron chi connectivity index (χ2n) is 8.25. The van der Waals surface area contributed by atoms with E-state index in [0.29, 0.717) is 0 Å². The van der Waals surface area contributed by atoms with Gasteiger partial charge in [0.2, 0.25) is 0 Å². The second kappa shape index (κ2) is 13.4. The zero-order chi connectivity index (χ0) is 24.1. The molecule has 0 amide bonds. The van der Waals surface area contributed by atoms with Gasteiger partial charge in [0.05, 0.1) is 19.3 Å². The van der Waals surface area contributed by atoms with Gasteiger partial charge in [0.1, 0.15) is 23.4 Å². The first-order valence-electron chi connectivity index (χ1n) is 9.29. The van der Waals surface area contributed by atoms with Crippen molar-refractivity contribution in [2.24, 2.45) is 0 Å². The zero-order valence-electron chi connectivity index (χ0n) is 18.7. The van der Waals surface area contributed by atoms with Crippen LogP contribution in [-0.4, -0.2) is 51.9 Å². The average molecular weight is 432 g/mol. The number of carbonyl (C=O) groups is 6. The van der Waals surface area contributed by atoms with Gasteiger partial charge in [0.25, 0.3) is 0 Å². The van der Waals surface area contributed by atoms with Crippen LogP contribution >= 0.6 is 0 Å². The molecule has 1 aliphatic heterocycles. The van der Waals surface area contributed by atoms with E-state index in [4.69, 9.17) is 14.6 Å². The van der Waals surface area contributed by atoms with Gasteiger partial charge in [-0.2, -0.15) is 0 Å². The third kappa shape index (κ3) is 23.3. The summed E-state index contributed by atoms with van der Waals surface area (Å²) in [6.07, 6.45) is -0.210. The first-order chi connectivity index (χ1) is 13.4. The smallest absolute Gasteiger partial charge is 0.314 e. The van der Waals surface area contributed by atoms with E-state index in [1.54, 1.807) is 20.8 Å². The number of cyclic esters (lactones) is 2. The predicted octanol–water partition coefficient (Wildman–Crippen LogP) is 2.35. The van der Waals surface area contributed by atoms with E-state index in [-0.39, 0.29) is 43.7 Å². The van der Waals surface area contributed by atoms with Crippen LogP contribution in [0.4, 0.5) is 0 Å². The van der Waals surface area contributed by atoms with Crippen molar-refractivity contribution in [2.45, 2.75) is 91.8 Å². The van der Waals surface area contributed by atoms with Crippen LogP contribution in [0.15, 0.2) is 0 Å². The number of esters is 4. The van der Waals surface area contributed by atoms with Crippen LogP contribution in [0, 0.1) is 0 Å². The Bertz CT molecular complexity index is 621. The monoisotopic (exact) mass is 432 g/mol. The van der Waals surface area contributed by atoms with E-state index < -0.39 is 35.3 Å². The maximum absolute atomic E-state index is 11.1. The molecule has 0 spiro atoms. The van der Waals surface area contributed by atoms with Crippen molar-refractivity contribution in [2.75, 3.05) is 0 Å². The third-order valence-electron chi connectivity index (χ3n) is 2.59. The molecule has 0 saturated carbocycles. The number of ketones is 1. The van der Waals surface area contributed by atoms with E-state index in [9.17, 15) is 28.8 Å². The van der Waals surface area contributed by atoms with Crippen LogP contribution in [0.1, 0.15) is 80.6 Å². The zero-order valence-corrected chi connectivity index (χ0v) is 18.7. The molecule has 0 aromatic carbocycles. The van der Waals surface area contributed by atoms with Crippen molar-refractivity contribution in [1.82, 2.24) is 0 Å². The molecule has 1 rings (SSSR count). The van der Waals surface area contributed by atoms with Crippen molar-refractivity contribution in [3.63, 3.8) is 0 Å². The Morgan fingerprint density at radius 3 is 1.53 bits per heavy atom. The number of carbonyl (C=O) groups excluding carboxylic acids is 5. The maximum atomic E-state index is 11.1.